The molecule has 2 rings (SSSR count). The first kappa shape index (κ1) is 15.4. The third-order valence-corrected chi connectivity index (χ3v) is 4.66. The van der Waals surface area contributed by atoms with Crippen molar-refractivity contribution in [2.75, 3.05) is 18.0 Å². The van der Waals surface area contributed by atoms with Crippen molar-refractivity contribution in [1.29, 1.82) is 0 Å². The molecule has 0 radical (unpaired) electrons. The maximum Gasteiger partial charge on any atom is 0.0438 e. The van der Waals surface area contributed by atoms with Gasteiger partial charge in [0.25, 0.3) is 0 Å². The first-order chi connectivity index (χ1) is 9.52. The van der Waals surface area contributed by atoms with Gasteiger partial charge in [0.05, 0.1) is 0 Å². The molecular formula is C18H30N2. The van der Waals surface area contributed by atoms with Crippen molar-refractivity contribution in [3.63, 3.8) is 0 Å². The molecule has 1 aliphatic heterocycles. The van der Waals surface area contributed by atoms with Gasteiger partial charge in [-0.3, -0.25) is 0 Å². The van der Waals surface area contributed by atoms with E-state index in [1.165, 1.54) is 29.7 Å². The van der Waals surface area contributed by atoms with E-state index in [-0.39, 0.29) is 0 Å². The van der Waals surface area contributed by atoms with E-state index in [1.807, 2.05) is 0 Å². The van der Waals surface area contributed by atoms with E-state index in [2.05, 4.69) is 63.0 Å². The van der Waals surface area contributed by atoms with Crippen LogP contribution in [0, 0.1) is 19.8 Å². The number of benzene rings is 1. The van der Waals surface area contributed by atoms with Crippen molar-refractivity contribution in [3.8, 4) is 0 Å². The van der Waals surface area contributed by atoms with Crippen LogP contribution in [-0.4, -0.2) is 25.2 Å². The van der Waals surface area contributed by atoms with E-state index in [9.17, 15) is 0 Å². The Labute approximate surface area is 124 Å². The smallest absolute Gasteiger partial charge is 0.0438 e. The summed E-state index contributed by atoms with van der Waals surface area (Å²) in [4.78, 5) is 2.63. The summed E-state index contributed by atoms with van der Waals surface area (Å²) in [6, 6.07) is 8.16. The first-order valence-corrected chi connectivity index (χ1v) is 8.10. The predicted octanol–water partition coefficient (Wildman–Crippen LogP) is 3.91. The van der Waals surface area contributed by atoms with E-state index in [1.54, 1.807) is 0 Å². The highest BCUT2D eigenvalue weighted by Gasteiger charge is 2.29. The third-order valence-electron chi connectivity index (χ3n) is 4.66. The van der Waals surface area contributed by atoms with Crippen molar-refractivity contribution in [2.45, 2.75) is 59.5 Å². The van der Waals surface area contributed by atoms with E-state index >= 15 is 0 Å². The van der Waals surface area contributed by atoms with Crippen LogP contribution in [0.15, 0.2) is 18.2 Å². The Morgan fingerprint density at radius 1 is 1.25 bits per heavy atom. The van der Waals surface area contributed by atoms with Gasteiger partial charge in [0, 0.05) is 30.9 Å². The van der Waals surface area contributed by atoms with E-state index in [0.717, 1.165) is 13.1 Å². The van der Waals surface area contributed by atoms with Crippen molar-refractivity contribution >= 4 is 5.69 Å². The molecule has 2 atom stereocenters. The fourth-order valence-corrected chi connectivity index (χ4v) is 3.17. The molecule has 20 heavy (non-hydrogen) atoms. The van der Waals surface area contributed by atoms with Gasteiger partial charge in [-0.2, -0.15) is 0 Å². The molecule has 1 N–H and O–H groups in total. The normalized spacial score (nSPS) is 23.4. The van der Waals surface area contributed by atoms with E-state index in [0.29, 0.717) is 18.0 Å². The van der Waals surface area contributed by atoms with Crippen LogP contribution in [-0.2, 0) is 0 Å². The zero-order chi connectivity index (χ0) is 14.7. The zero-order valence-electron chi connectivity index (χ0n) is 13.7. The lowest BCUT2D eigenvalue weighted by Gasteiger charge is -2.44. The van der Waals surface area contributed by atoms with Gasteiger partial charge >= 0.3 is 0 Å². The van der Waals surface area contributed by atoms with Crippen LogP contribution < -0.4 is 10.2 Å². The number of nitrogens with zero attached hydrogens (tertiary/aromatic N) is 1. The highest BCUT2D eigenvalue weighted by atomic mass is 15.2. The summed E-state index contributed by atoms with van der Waals surface area (Å²) in [5, 5.41) is 3.74. The van der Waals surface area contributed by atoms with Crippen LogP contribution >= 0.6 is 0 Å². The summed E-state index contributed by atoms with van der Waals surface area (Å²) in [7, 11) is 0. The second-order valence-electron chi connectivity index (χ2n) is 6.63. The third kappa shape index (κ3) is 3.35. The van der Waals surface area contributed by atoms with Crippen LogP contribution in [0.1, 0.15) is 44.7 Å². The maximum absolute atomic E-state index is 3.74. The number of rotatable bonds is 4. The SMILES string of the molecule is CCCC1CN(c2ccc(C)c(C)c2)C(C(C)C)CN1. The Kier molecular flexibility index (Phi) is 5.09. The number of hydrogen-bond donors (Lipinski definition) is 1. The van der Waals surface area contributed by atoms with Crippen molar-refractivity contribution in [1.82, 2.24) is 5.32 Å². The topological polar surface area (TPSA) is 15.3 Å². The molecule has 112 valence electrons. The summed E-state index contributed by atoms with van der Waals surface area (Å²) in [5.41, 5.74) is 4.18. The summed E-state index contributed by atoms with van der Waals surface area (Å²) < 4.78 is 0. The predicted molar refractivity (Wildman–Crippen MR) is 88.6 cm³/mol. The number of anilines is 1. The van der Waals surface area contributed by atoms with Gasteiger partial charge < -0.3 is 10.2 Å². The maximum atomic E-state index is 3.74. The molecule has 2 nitrogen and oxygen atoms in total. The Bertz CT molecular complexity index is 439. The minimum atomic E-state index is 0.602. The van der Waals surface area contributed by atoms with Crippen LogP contribution in [0.3, 0.4) is 0 Å². The molecule has 1 fully saturated rings. The molecular weight excluding hydrogens is 244 g/mol. The summed E-state index contributed by atoms with van der Waals surface area (Å²) in [6.45, 7) is 13.6. The molecule has 0 aliphatic carbocycles. The molecule has 0 saturated carbocycles. The van der Waals surface area contributed by atoms with Crippen LogP contribution in [0.4, 0.5) is 5.69 Å². The molecule has 2 unspecified atom stereocenters. The van der Waals surface area contributed by atoms with Gasteiger partial charge in [-0.15, -0.1) is 0 Å². The monoisotopic (exact) mass is 274 g/mol. The van der Waals surface area contributed by atoms with Crippen molar-refractivity contribution in [2.24, 2.45) is 5.92 Å². The molecule has 0 aromatic heterocycles. The summed E-state index contributed by atoms with van der Waals surface area (Å²) >= 11 is 0. The summed E-state index contributed by atoms with van der Waals surface area (Å²) in [5.74, 6) is 0.673. The van der Waals surface area contributed by atoms with Crippen molar-refractivity contribution in [3.05, 3.63) is 29.3 Å². The molecule has 2 heteroatoms. The number of piperazine rings is 1. The van der Waals surface area contributed by atoms with Crippen LogP contribution in [0.2, 0.25) is 0 Å². The Balaban J connectivity index is 2.24. The molecule has 1 saturated heterocycles. The summed E-state index contributed by atoms with van der Waals surface area (Å²) in [6.07, 6.45) is 2.52. The Hall–Kier alpha value is -1.02. The number of aryl methyl sites for hydroxylation is 2. The van der Waals surface area contributed by atoms with E-state index < -0.39 is 0 Å². The lowest BCUT2D eigenvalue weighted by molar-refractivity contribution is 0.327. The molecule has 0 spiro atoms. The fourth-order valence-electron chi connectivity index (χ4n) is 3.17. The Morgan fingerprint density at radius 3 is 2.60 bits per heavy atom. The molecule has 1 aromatic rings. The largest absolute Gasteiger partial charge is 0.365 e. The lowest BCUT2D eigenvalue weighted by Crippen LogP contribution is -2.58. The zero-order valence-corrected chi connectivity index (χ0v) is 13.7. The van der Waals surface area contributed by atoms with E-state index in [4.69, 9.17) is 0 Å². The average molecular weight is 274 g/mol. The minimum Gasteiger partial charge on any atom is -0.365 e. The fraction of sp³-hybridized carbons (Fsp3) is 0.667. The van der Waals surface area contributed by atoms with Gasteiger partial charge in [0.1, 0.15) is 0 Å². The molecule has 0 bridgehead atoms. The van der Waals surface area contributed by atoms with Gasteiger partial charge in [0.2, 0.25) is 0 Å². The number of hydrogen-bond acceptors (Lipinski definition) is 2. The van der Waals surface area contributed by atoms with Crippen LogP contribution in [0.25, 0.3) is 0 Å². The molecule has 1 aliphatic rings. The van der Waals surface area contributed by atoms with Crippen molar-refractivity contribution < 1.29 is 0 Å². The average Bonchev–Trinajstić information content (AvgIpc) is 2.42. The number of nitrogens with one attached hydrogen (secondary N) is 1. The highest BCUT2D eigenvalue weighted by molar-refractivity contribution is 5.52. The van der Waals surface area contributed by atoms with Gasteiger partial charge in [-0.1, -0.05) is 33.3 Å². The second-order valence-corrected chi connectivity index (χ2v) is 6.63. The molecule has 0 amide bonds. The van der Waals surface area contributed by atoms with Gasteiger partial charge in [0.15, 0.2) is 0 Å². The van der Waals surface area contributed by atoms with Crippen LogP contribution in [0.5, 0.6) is 0 Å². The first-order valence-electron chi connectivity index (χ1n) is 8.10. The molecule has 1 aromatic carbocycles. The lowest BCUT2D eigenvalue weighted by atomic mass is 9.95. The quantitative estimate of drug-likeness (QED) is 0.895. The second kappa shape index (κ2) is 6.62. The Morgan fingerprint density at radius 2 is 2.00 bits per heavy atom. The molecule has 1 heterocycles. The minimum absolute atomic E-state index is 0.602. The van der Waals surface area contributed by atoms with Gasteiger partial charge in [-0.05, 0) is 49.4 Å². The highest BCUT2D eigenvalue weighted by Crippen LogP contribution is 2.26. The standard InChI is InChI=1S/C18H30N2/c1-6-7-16-12-20(18(11-19-16)13(2)3)17-9-8-14(4)15(5)10-17/h8-10,13,16,18-19H,6-7,11-12H2,1-5H3. The van der Waals surface area contributed by atoms with Gasteiger partial charge in [-0.25, -0.2) is 0 Å².